The standard InChI is InChI=1S/C39H71N3O5/c1-14-28(12)42-37(45)32-18-27(11)16-30(35(32)23(4)5)21-47-33(43)20-40-36(44)31-17-26(10)15-29(34(31)22(2)3)19-41-38(46)39(13,24(6)7)25(8)9/h22-32,34-35H,14-21H2,1-13H3,(H,40,44)(H,41,46)(H,42,45). The Hall–Kier alpha value is -2.12. The highest BCUT2D eigenvalue weighted by atomic mass is 16.5. The summed E-state index contributed by atoms with van der Waals surface area (Å²) in [6.07, 6.45) is 4.37. The summed E-state index contributed by atoms with van der Waals surface area (Å²) in [5.74, 6) is 1.48. The van der Waals surface area contributed by atoms with Gasteiger partial charge >= 0.3 is 5.97 Å². The fraction of sp³-hybridized carbons (Fsp3) is 0.897. The maximum Gasteiger partial charge on any atom is 0.325 e. The molecule has 0 aromatic rings. The molecule has 0 saturated heterocycles. The Morgan fingerprint density at radius 2 is 1.21 bits per heavy atom. The summed E-state index contributed by atoms with van der Waals surface area (Å²) in [5, 5.41) is 9.39. The molecule has 2 aliphatic carbocycles. The molecule has 2 fully saturated rings. The minimum absolute atomic E-state index is 0.0847. The number of rotatable bonds is 15. The Bertz CT molecular complexity index is 1030. The van der Waals surface area contributed by atoms with E-state index in [0.29, 0.717) is 18.4 Å². The zero-order valence-electron chi connectivity index (χ0n) is 32.2. The maximum absolute atomic E-state index is 13.7. The second-order valence-electron chi connectivity index (χ2n) is 17.0. The second kappa shape index (κ2) is 18.0. The van der Waals surface area contributed by atoms with Crippen molar-refractivity contribution < 1.29 is 23.9 Å². The van der Waals surface area contributed by atoms with Crippen molar-refractivity contribution in [2.75, 3.05) is 19.7 Å². The SMILES string of the molecule is CCC(C)NC(=O)C1CC(C)CC(COC(=O)CNC(=O)C2CC(C)CC(CNC(=O)C(C)(C(C)C)C(C)C)C2C(C)C)C1C(C)C. The molecule has 2 saturated carbocycles. The lowest BCUT2D eigenvalue weighted by Gasteiger charge is -2.43. The second-order valence-corrected chi connectivity index (χ2v) is 17.0. The molecule has 2 rings (SSSR count). The normalized spacial score (nSPS) is 29.1. The number of hydrogen-bond acceptors (Lipinski definition) is 5. The Morgan fingerprint density at radius 3 is 1.70 bits per heavy atom. The van der Waals surface area contributed by atoms with E-state index >= 15 is 0 Å². The predicted molar refractivity (Wildman–Crippen MR) is 190 cm³/mol. The van der Waals surface area contributed by atoms with Crippen LogP contribution in [0.4, 0.5) is 0 Å². The lowest BCUT2D eigenvalue weighted by atomic mass is 9.63. The van der Waals surface area contributed by atoms with Gasteiger partial charge in [0.15, 0.2) is 0 Å². The largest absolute Gasteiger partial charge is 0.464 e. The number of esters is 1. The molecular formula is C39H71N3O5. The number of ether oxygens (including phenoxy) is 1. The van der Waals surface area contributed by atoms with Crippen LogP contribution in [-0.2, 0) is 23.9 Å². The Morgan fingerprint density at radius 1 is 0.723 bits per heavy atom. The first-order chi connectivity index (χ1) is 21.8. The van der Waals surface area contributed by atoms with E-state index in [1.807, 2.05) is 6.92 Å². The van der Waals surface area contributed by atoms with E-state index in [4.69, 9.17) is 4.74 Å². The molecule has 9 unspecified atom stereocenters. The van der Waals surface area contributed by atoms with Gasteiger partial charge in [0.05, 0.1) is 12.0 Å². The van der Waals surface area contributed by atoms with E-state index in [0.717, 1.165) is 32.1 Å². The molecule has 0 radical (unpaired) electrons. The van der Waals surface area contributed by atoms with Crippen LogP contribution < -0.4 is 16.0 Å². The minimum Gasteiger partial charge on any atom is -0.464 e. The van der Waals surface area contributed by atoms with Gasteiger partial charge in [0.25, 0.3) is 0 Å². The van der Waals surface area contributed by atoms with E-state index in [2.05, 4.69) is 99.0 Å². The Labute approximate surface area is 287 Å². The summed E-state index contributed by atoms with van der Waals surface area (Å²) < 4.78 is 5.80. The molecule has 47 heavy (non-hydrogen) atoms. The van der Waals surface area contributed by atoms with Crippen LogP contribution in [0.5, 0.6) is 0 Å². The average molecular weight is 662 g/mol. The van der Waals surface area contributed by atoms with Crippen LogP contribution in [-0.4, -0.2) is 49.4 Å². The Kier molecular flexibility index (Phi) is 15.8. The van der Waals surface area contributed by atoms with Crippen LogP contribution in [0.3, 0.4) is 0 Å². The fourth-order valence-electron chi connectivity index (χ4n) is 8.96. The Balaban J connectivity index is 2.04. The topological polar surface area (TPSA) is 114 Å². The van der Waals surface area contributed by atoms with Crippen LogP contribution in [0, 0.1) is 76.4 Å². The first-order valence-electron chi connectivity index (χ1n) is 18.9. The van der Waals surface area contributed by atoms with Crippen LogP contribution in [0.15, 0.2) is 0 Å². The number of nitrogens with one attached hydrogen (secondary N) is 3. The summed E-state index contributed by atoms with van der Waals surface area (Å²) in [4.78, 5) is 53.3. The maximum atomic E-state index is 13.7. The molecule has 3 amide bonds. The third-order valence-electron chi connectivity index (χ3n) is 12.2. The van der Waals surface area contributed by atoms with E-state index < -0.39 is 11.4 Å². The molecule has 3 N–H and O–H groups in total. The summed E-state index contributed by atoms with van der Waals surface area (Å²) in [7, 11) is 0. The van der Waals surface area contributed by atoms with Gasteiger partial charge in [-0.05, 0) is 98.2 Å². The van der Waals surface area contributed by atoms with Crippen molar-refractivity contribution in [3.8, 4) is 0 Å². The van der Waals surface area contributed by atoms with E-state index in [9.17, 15) is 19.2 Å². The molecule has 0 aliphatic heterocycles. The van der Waals surface area contributed by atoms with Gasteiger partial charge in [0.2, 0.25) is 17.7 Å². The summed E-state index contributed by atoms with van der Waals surface area (Å²) >= 11 is 0. The highest BCUT2D eigenvalue weighted by molar-refractivity contribution is 5.84. The summed E-state index contributed by atoms with van der Waals surface area (Å²) in [6, 6.07) is 0.134. The number of amides is 3. The van der Waals surface area contributed by atoms with Crippen molar-refractivity contribution in [1.82, 2.24) is 16.0 Å². The zero-order chi connectivity index (χ0) is 35.8. The molecule has 2 aliphatic rings. The molecule has 0 aromatic heterocycles. The van der Waals surface area contributed by atoms with Gasteiger partial charge in [0.1, 0.15) is 6.54 Å². The van der Waals surface area contributed by atoms with Gasteiger partial charge in [-0.1, -0.05) is 83.1 Å². The third-order valence-corrected chi connectivity index (χ3v) is 12.2. The van der Waals surface area contributed by atoms with Crippen LogP contribution in [0.2, 0.25) is 0 Å². The third kappa shape index (κ3) is 10.7. The van der Waals surface area contributed by atoms with Crippen molar-refractivity contribution in [3.05, 3.63) is 0 Å². The summed E-state index contributed by atoms with van der Waals surface area (Å²) in [5.41, 5.74) is -0.462. The van der Waals surface area contributed by atoms with Crippen molar-refractivity contribution in [1.29, 1.82) is 0 Å². The molecule has 0 heterocycles. The lowest BCUT2D eigenvalue weighted by Crippen LogP contribution is -2.51. The number of carbonyl (C=O) groups excluding carboxylic acids is 4. The van der Waals surface area contributed by atoms with Crippen LogP contribution in [0.25, 0.3) is 0 Å². The van der Waals surface area contributed by atoms with Gasteiger partial charge in [0, 0.05) is 24.4 Å². The van der Waals surface area contributed by atoms with Crippen LogP contribution in [0.1, 0.15) is 122 Å². The zero-order valence-corrected chi connectivity index (χ0v) is 32.2. The van der Waals surface area contributed by atoms with Gasteiger partial charge < -0.3 is 20.7 Å². The van der Waals surface area contributed by atoms with Crippen molar-refractivity contribution >= 4 is 23.7 Å². The lowest BCUT2D eigenvalue weighted by molar-refractivity contribution is -0.149. The van der Waals surface area contributed by atoms with E-state index in [1.54, 1.807) is 0 Å². The molecule has 8 nitrogen and oxygen atoms in total. The molecule has 8 heteroatoms. The van der Waals surface area contributed by atoms with E-state index in [-0.39, 0.29) is 96.1 Å². The number of hydrogen-bond donors (Lipinski definition) is 3. The minimum atomic E-state index is -0.462. The highest BCUT2D eigenvalue weighted by Crippen LogP contribution is 2.44. The first-order valence-corrected chi connectivity index (χ1v) is 18.9. The first kappa shape index (κ1) is 41.1. The molecule has 0 spiro atoms. The predicted octanol–water partition coefficient (Wildman–Crippen LogP) is 6.86. The summed E-state index contributed by atoms with van der Waals surface area (Å²) in [6.45, 7) is 28.2. The molecule has 272 valence electrons. The van der Waals surface area contributed by atoms with Gasteiger partial charge in [-0.15, -0.1) is 0 Å². The molecular weight excluding hydrogens is 590 g/mol. The van der Waals surface area contributed by atoms with Crippen molar-refractivity contribution in [3.63, 3.8) is 0 Å². The molecule has 0 bridgehead atoms. The van der Waals surface area contributed by atoms with Crippen molar-refractivity contribution in [2.45, 2.75) is 128 Å². The smallest absolute Gasteiger partial charge is 0.325 e. The highest BCUT2D eigenvalue weighted by Gasteiger charge is 2.45. The van der Waals surface area contributed by atoms with Crippen molar-refractivity contribution in [2.24, 2.45) is 76.4 Å². The quantitative estimate of drug-likeness (QED) is 0.166. The fourth-order valence-corrected chi connectivity index (χ4v) is 8.96. The van der Waals surface area contributed by atoms with Gasteiger partial charge in [-0.3, -0.25) is 19.2 Å². The van der Waals surface area contributed by atoms with Crippen LogP contribution >= 0.6 is 0 Å². The van der Waals surface area contributed by atoms with Gasteiger partial charge in [-0.25, -0.2) is 0 Å². The van der Waals surface area contributed by atoms with E-state index in [1.165, 1.54) is 0 Å². The average Bonchev–Trinajstić information content (AvgIpc) is 2.99. The monoisotopic (exact) mass is 662 g/mol. The number of carbonyl (C=O) groups is 4. The van der Waals surface area contributed by atoms with Gasteiger partial charge in [-0.2, -0.15) is 0 Å². The molecule has 9 atom stereocenters. The molecule has 0 aromatic carbocycles.